The van der Waals surface area contributed by atoms with Crippen molar-refractivity contribution in [3.8, 4) is 0 Å². The molecule has 1 N–H and O–H groups in total. The first-order valence-corrected chi connectivity index (χ1v) is 8.31. The van der Waals surface area contributed by atoms with E-state index in [9.17, 15) is 0 Å². The predicted octanol–water partition coefficient (Wildman–Crippen LogP) is 4.26. The number of rotatable bonds is 0. The van der Waals surface area contributed by atoms with Gasteiger partial charge in [-0.2, -0.15) is 10.0 Å². The molecule has 17 heavy (non-hydrogen) atoms. The van der Waals surface area contributed by atoms with Crippen LogP contribution in [0.25, 0.3) is 0 Å². The van der Waals surface area contributed by atoms with Gasteiger partial charge in [-0.1, -0.05) is 30.4 Å². The summed E-state index contributed by atoms with van der Waals surface area (Å²) in [5.74, 6) is 0. The van der Waals surface area contributed by atoms with Crippen molar-refractivity contribution in [1.82, 2.24) is 0 Å². The first-order valence-electron chi connectivity index (χ1n) is 5.86. The van der Waals surface area contributed by atoms with E-state index in [0.29, 0.717) is 0 Å². The zero-order valence-electron chi connectivity index (χ0n) is 10.2. The highest BCUT2D eigenvalue weighted by Crippen LogP contribution is 2.62. The Morgan fingerprint density at radius 3 is 2.71 bits per heavy atom. The normalized spacial score (nSPS) is 22.2. The molecule has 0 aromatic heterocycles. The Labute approximate surface area is 104 Å². The quantitative estimate of drug-likeness (QED) is 0.718. The Kier molecular flexibility index (Phi) is 2.40. The summed E-state index contributed by atoms with van der Waals surface area (Å²) in [4.78, 5) is 2.92. The number of hydrogen-bond acceptors (Lipinski definition) is 1. The molecule has 1 aliphatic carbocycles. The first kappa shape index (κ1) is 10.7. The average Bonchev–Trinajstić information content (AvgIpc) is 2.55. The minimum absolute atomic E-state index is 0.887. The Balaban J connectivity index is 2.22. The van der Waals surface area contributed by atoms with Crippen LogP contribution in [0, 0.1) is 0 Å². The van der Waals surface area contributed by atoms with Gasteiger partial charge in [0.1, 0.15) is 0 Å². The van der Waals surface area contributed by atoms with Crippen molar-refractivity contribution in [2.24, 2.45) is 0 Å². The highest BCUT2D eigenvalue weighted by molar-refractivity contribution is 8.36. The van der Waals surface area contributed by atoms with Crippen LogP contribution in [0.1, 0.15) is 6.42 Å². The van der Waals surface area contributed by atoms with Gasteiger partial charge in [0, 0.05) is 9.80 Å². The molecule has 0 fully saturated rings. The molecule has 0 saturated heterocycles. The maximum Gasteiger partial charge on any atom is 0.0510 e. The fourth-order valence-electron chi connectivity index (χ4n) is 2.44. The van der Waals surface area contributed by atoms with E-state index >= 15 is 0 Å². The number of allylic oxidation sites excluding steroid dienone is 4. The summed E-state index contributed by atoms with van der Waals surface area (Å²) in [7, 11) is -0.887. The van der Waals surface area contributed by atoms with Gasteiger partial charge in [-0.15, -0.1) is 0 Å². The van der Waals surface area contributed by atoms with Crippen molar-refractivity contribution in [3.63, 3.8) is 0 Å². The molecule has 1 aromatic carbocycles. The second-order valence-corrected chi connectivity index (χ2v) is 8.30. The summed E-state index contributed by atoms with van der Waals surface area (Å²) in [5.41, 5.74) is 2.55. The van der Waals surface area contributed by atoms with Crippen LogP contribution in [-0.4, -0.2) is 12.5 Å². The molecule has 2 heteroatoms. The van der Waals surface area contributed by atoms with Crippen LogP contribution in [0.5, 0.6) is 0 Å². The first-order chi connectivity index (χ1) is 8.19. The Morgan fingerprint density at radius 1 is 1.06 bits per heavy atom. The van der Waals surface area contributed by atoms with Crippen molar-refractivity contribution in [2.45, 2.75) is 11.3 Å². The van der Waals surface area contributed by atoms with Gasteiger partial charge in [0.2, 0.25) is 0 Å². The molecular formula is C15H17NS. The van der Waals surface area contributed by atoms with Gasteiger partial charge < -0.3 is 5.32 Å². The maximum absolute atomic E-state index is 3.56. The number of para-hydroxylation sites is 1. The van der Waals surface area contributed by atoms with Crippen molar-refractivity contribution in [3.05, 3.63) is 59.2 Å². The molecule has 0 spiro atoms. The molecular weight excluding hydrogens is 226 g/mol. The molecule has 0 saturated carbocycles. The fourth-order valence-corrected chi connectivity index (χ4v) is 4.87. The minimum Gasteiger partial charge on any atom is -0.354 e. The van der Waals surface area contributed by atoms with Gasteiger partial charge in [0.25, 0.3) is 0 Å². The summed E-state index contributed by atoms with van der Waals surface area (Å²) in [5, 5.41) is 3.56. The Hall–Kier alpha value is -1.41. The standard InChI is InChI=1S/C15H17NS/c1-17(2)14-10-5-3-4-8-12(14)16-13-9-6-7-11-15(13)17/h4-11,16H,3H2,1-2H3. The number of hydrogen-bond donors (Lipinski definition) is 1. The third-order valence-corrected chi connectivity index (χ3v) is 6.26. The third kappa shape index (κ3) is 1.64. The lowest BCUT2D eigenvalue weighted by atomic mass is 10.2. The van der Waals surface area contributed by atoms with E-state index in [4.69, 9.17) is 0 Å². The maximum atomic E-state index is 3.56. The molecule has 0 amide bonds. The smallest absolute Gasteiger partial charge is 0.0510 e. The number of benzene rings is 1. The van der Waals surface area contributed by atoms with Gasteiger partial charge in [0.15, 0.2) is 0 Å². The molecule has 1 nitrogen and oxygen atoms in total. The molecule has 0 radical (unpaired) electrons. The lowest BCUT2D eigenvalue weighted by molar-refractivity contribution is 1.32. The monoisotopic (exact) mass is 243 g/mol. The van der Waals surface area contributed by atoms with Gasteiger partial charge >= 0.3 is 0 Å². The average molecular weight is 243 g/mol. The molecule has 1 aromatic rings. The number of anilines is 1. The summed E-state index contributed by atoms with van der Waals surface area (Å²) in [6.45, 7) is 0. The molecule has 2 aliphatic rings. The van der Waals surface area contributed by atoms with Crippen LogP contribution in [-0.2, 0) is 0 Å². The van der Waals surface area contributed by atoms with Crippen LogP contribution in [0.4, 0.5) is 5.69 Å². The van der Waals surface area contributed by atoms with E-state index in [2.05, 4.69) is 66.4 Å². The Morgan fingerprint density at radius 2 is 1.82 bits per heavy atom. The van der Waals surface area contributed by atoms with Crippen molar-refractivity contribution < 1.29 is 0 Å². The highest BCUT2D eigenvalue weighted by Gasteiger charge is 2.28. The predicted molar refractivity (Wildman–Crippen MR) is 77.7 cm³/mol. The van der Waals surface area contributed by atoms with Crippen molar-refractivity contribution in [2.75, 3.05) is 17.8 Å². The van der Waals surface area contributed by atoms with Crippen LogP contribution in [0.2, 0.25) is 0 Å². The fraction of sp³-hybridized carbons (Fsp3) is 0.200. The van der Waals surface area contributed by atoms with Gasteiger partial charge in [-0.25, -0.2) is 0 Å². The van der Waals surface area contributed by atoms with Crippen LogP contribution < -0.4 is 5.32 Å². The van der Waals surface area contributed by atoms with Crippen molar-refractivity contribution >= 4 is 15.7 Å². The van der Waals surface area contributed by atoms with Gasteiger partial charge in [0.05, 0.1) is 11.4 Å². The van der Waals surface area contributed by atoms with E-state index < -0.39 is 10.0 Å². The molecule has 0 bridgehead atoms. The molecule has 3 rings (SSSR count). The van der Waals surface area contributed by atoms with E-state index in [1.165, 1.54) is 21.2 Å². The topological polar surface area (TPSA) is 12.0 Å². The molecule has 0 unspecified atom stereocenters. The molecule has 88 valence electrons. The van der Waals surface area contributed by atoms with E-state index in [0.717, 1.165) is 6.42 Å². The SMILES string of the molecule is CS1(C)C2=C(C=CCC=C2)Nc2ccccc21. The van der Waals surface area contributed by atoms with Crippen molar-refractivity contribution in [1.29, 1.82) is 0 Å². The van der Waals surface area contributed by atoms with Crippen LogP contribution >= 0.6 is 10.0 Å². The van der Waals surface area contributed by atoms with E-state index in [1.807, 2.05) is 0 Å². The molecule has 0 atom stereocenters. The third-order valence-electron chi connectivity index (χ3n) is 3.35. The van der Waals surface area contributed by atoms with E-state index in [1.54, 1.807) is 0 Å². The molecule has 1 heterocycles. The number of nitrogens with one attached hydrogen (secondary N) is 1. The minimum atomic E-state index is -0.887. The zero-order valence-corrected chi connectivity index (χ0v) is 11.1. The largest absolute Gasteiger partial charge is 0.354 e. The molecule has 1 aliphatic heterocycles. The summed E-state index contributed by atoms with van der Waals surface area (Å²) >= 11 is 0. The summed E-state index contributed by atoms with van der Waals surface area (Å²) in [6, 6.07) is 8.67. The van der Waals surface area contributed by atoms with Crippen LogP contribution in [0.15, 0.2) is 64.1 Å². The number of fused-ring (bicyclic) bond motifs is 1. The summed E-state index contributed by atoms with van der Waals surface area (Å²) in [6.07, 6.45) is 14.8. The summed E-state index contributed by atoms with van der Waals surface area (Å²) < 4.78 is 0. The Bertz CT molecular complexity index is 550. The lowest BCUT2D eigenvalue weighted by Gasteiger charge is -2.40. The zero-order chi connectivity index (χ0) is 11.9. The van der Waals surface area contributed by atoms with E-state index in [-0.39, 0.29) is 0 Å². The lowest BCUT2D eigenvalue weighted by Crippen LogP contribution is -2.14. The van der Waals surface area contributed by atoms with Gasteiger partial charge in [-0.05, 0) is 37.1 Å². The second-order valence-electron chi connectivity index (χ2n) is 4.77. The van der Waals surface area contributed by atoms with Crippen LogP contribution in [0.3, 0.4) is 0 Å². The second kappa shape index (κ2) is 3.81. The van der Waals surface area contributed by atoms with Gasteiger partial charge in [-0.3, -0.25) is 0 Å². The highest BCUT2D eigenvalue weighted by atomic mass is 32.3.